The van der Waals surface area contributed by atoms with Crippen molar-refractivity contribution in [3.63, 3.8) is 0 Å². The predicted molar refractivity (Wildman–Crippen MR) is 114 cm³/mol. The van der Waals surface area contributed by atoms with E-state index in [4.69, 9.17) is 0 Å². The molecule has 3 saturated heterocycles. The van der Waals surface area contributed by atoms with Gasteiger partial charge in [0.05, 0.1) is 25.3 Å². The molecule has 3 fully saturated rings. The molecular formula is C22H31N3O4S. The first kappa shape index (κ1) is 21.5. The van der Waals surface area contributed by atoms with Gasteiger partial charge in [-0.2, -0.15) is 0 Å². The van der Waals surface area contributed by atoms with E-state index >= 15 is 0 Å². The van der Waals surface area contributed by atoms with Crippen molar-refractivity contribution >= 4 is 21.8 Å². The average Bonchev–Trinajstić information content (AvgIpc) is 3.02. The van der Waals surface area contributed by atoms with Gasteiger partial charge >= 0.3 is 0 Å². The van der Waals surface area contributed by atoms with E-state index in [1.165, 1.54) is 11.2 Å². The molecule has 1 atom stereocenters. The normalized spacial score (nSPS) is 25.9. The van der Waals surface area contributed by atoms with Crippen molar-refractivity contribution in [1.29, 1.82) is 0 Å². The maximum absolute atomic E-state index is 12.9. The number of benzene rings is 1. The van der Waals surface area contributed by atoms with E-state index < -0.39 is 10.0 Å². The van der Waals surface area contributed by atoms with Crippen molar-refractivity contribution in [3.05, 3.63) is 35.9 Å². The van der Waals surface area contributed by atoms with E-state index in [0.717, 1.165) is 44.3 Å². The zero-order valence-corrected chi connectivity index (χ0v) is 18.4. The Morgan fingerprint density at radius 1 is 0.900 bits per heavy atom. The Bertz CT molecular complexity index is 873. The minimum atomic E-state index is -3.09. The summed E-state index contributed by atoms with van der Waals surface area (Å²) in [7, 11) is -3.09. The van der Waals surface area contributed by atoms with Gasteiger partial charge in [-0.05, 0) is 56.2 Å². The van der Waals surface area contributed by atoms with Gasteiger partial charge in [-0.1, -0.05) is 30.3 Å². The van der Waals surface area contributed by atoms with E-state index in [-0.39, 0.29) is 24.3 Å². The number of hydrogen-bond acceptors (Lipinski definition) is 5. The van der Waals surface area contributed by atoms with Crippen molar-refractivity contribution in [2.45, 2.75) is 44.7 Å². The third kappa shape index (κ3) is 4.60. The van der Waals surface area contributed by atoms with Crippen molar-refractivity contribution < 1.29 is 18.0 Å². The molecule has 0 unspecified atom stereocenters. The molecule has 4 rings (SSSR count). The third-order valence-electron chi connectivity index (χ3n) is 7.05. The van der Waals surface area contributed by atoms with Gasteiger partial charge in [0.25, 0.3) is 0 Å². The smallest absolute Gasteiger partial charge is 0.247 e. The average molecular weight is 434 g/mol. The van der Waals surface area contributed by atoms with Crippen LogP contribution in [0.4, 0.5) is 0 Å². The summed E-state index contributed by atoms with van der Waals surface area (Å²) in [6, 6.07) is 9.32. The Balaban J connectivity index is 1.29. The Kier molecular flexibility index (Phi) is 6.27. The van der Waals surface area contributed by atoms with Crippen LogP contribution in [0.3, 0.4) is 0 Å². The summed E-state index contributed by atoms with van der Waals surface area (Å²) >= 11 is 0. The van der Waals surface area contributed by atoms with Crippen LogP contribution in [0.1, 0.15) is 37.7 Å². The number of piperidine rings is 2. The lowest BCUT2D eigenvalue weighted by atomic mass is 9.79. The van der Waals surface area contributed by atoms with Gasteiger partial charge in [-0.3, -0.25) is 19.4 Å². The molecule has 0 aliphatic carbocycles. The first-order valence-corrected chi connectivity index (χ1v) is 12.7. The number of hydrogen-bond donors (Lipinski definition) is 0. The zero-order valence-electron chi connectivity index (χ0n) is 17.6. The number of nitrogens with zero attached hydrogens (tertiary/aromatic N) is 3. The monoisotopic (exact) mass is 433 g/mol. The fraction of sp³-hybridized carbons (Fsp3) is 0.636. The molecule has 3 aliphatic rings. The van der Waals surface area contributed by atoms with Gasteiger partial charge in [-0.25, -0.2) is 12.7 Å². The van der Waals surface area contributed by atoms with Gasteiger partial charge < -0.3 is 0 Å². The molecule has 8 heteroatoms. The Morgan fingerprint density at radius 3 is 2.03 bits per heavy atom. The highest BCUT2D eigenvalue weighted by molar-refractivity contribution is 7.88. The first-order chi connectivity index (χ1) is 14.3. The molecule has 30 heavy (non-hydrogen) atoms. The Hall–Kier alpha value is -1.77. The van der Waals surface area contributed by atoms with E-state index in [1.807, 2.05) is 30.3 Å². The molecule has 0 spiro atoms. The molecule has 0 aromatic heterocycles. The molecule has 1 aromatic carbocycles. The lowest BCUT2D eigenvalue weighted by Crippen LogP contribution is -2.47. The number of sulfonamides is 1. The molecule has 0 saturated carbocycles. The number of imide groups is 1. The fourth-order valence-corrected chi connectivity index (χ4v) is 6.14. The van der Waals surface area contributed by atoms with Crippen molar-refractivity contribution in [1.82, 2.24) is 14.1 Å². The predicted octanol–water partition coefficient (Wildman–Crippen LogP) is 1.70. The molecule has 2 amide bonds. The molecule has 7 nitrogen and oxygen atoms in total. The van der Waals surface area contributed by atoms with Gasteiger partial charge in [0.2, 0.25) is 21.8 Å². The second-order valence-electron chi connectivity index (χ2n) is 8.90. The van der Waals surface area contributed by atoms with E-state index in [0.29, 0.717) is 31.5 Å². The Morgan fingerprint density at radius 2 is 1.47 bits per heavy atom. The quantitative estimate of drug-likeness (QED) is 0.661. The van der Waals surface area contributed by atoms with Gasteiger partial charge in [0, 0.05) is 13.1 Å². The molecule has 0 radical (unpaired) electrons. The minimum Gasteiger partial charge on any atom is -0.292 e. The molecule has 1 aromatic rings. The molecule has 164 valence electrons. The van der Waals surface area contributed by atoms with Crippen molar-refractivity contribution in [2.75, 3.05) is 32.4 Å². The summed E-state index contributed by atoms with van der Waals surface area (Å²) in [4.78, 5) is 29.0. The van der Waals surface area contributed by atoms with E-state index in [9.17, 15) is 18.0 Å². The van der Waals surface area contributed by atoms with Gasteiger partial charge in [-0.15, -0.1) is 0 Å². The molecular weight excluding hydrogens is 402 g/mol. The highest BCUT2D eigenvalue weighted by atomic mass is 32.2. The van der Waals surface area contributed by atoms with Gasteiger partial charge in [0.1, 0.15) is 0 Å². The van der Waals surface area contributed by atoms with Crippen LogP contribution in [0.25, 0.3) is 0 Å². The molecule has 3 heterocycles. The van der Waals surface area contributed by atoms with Crippen molar-refractivity contribution in [2.24, 2.45) is 11.8 Å². The van der Waals surface area contributed by atoms with Crippen molar-refractivity contribution in [3.8, 4) is 0 Å². The van der Waals surface area contributed by atoms with Crippen LogP contribution < -0.4 is 0 Å². The maximum Gasteiger partial charge on any atom is 0.247 e. The topological polar surface area (TPSA) is 78.0 Å². The lowest BCUT2D eigenvalue weighted by molar-refractivity contribution is -0.140. The second-order valence-corrected chi connectivity index (χ2v) is 10.9. The summed E-state index contributed by atoms with van der Waals surface area (Å²) in [6.07, 6.45) is 5.43. The van der Waals surface area contributed by atoms with Crippen LogP contribution in [-0.2, 0) is 26.2 Å². The van der Waals surface area contributed by atoms with Gasteiger partial charge in [0.15, 0.2) is 0 Å². The highest BCUT2D eigenvalue weighted by Crippen LogP contribution is 2.34. The SMILES string of the molecule is CS(=O)(=O)N1CCC(C2CCN([C@H]3CC(=O)N(Cc4ccccc4)C3=O)CC2)CC1. The van der Waals surface area contributed by atoms with Crippen LogP contribution >= 0.6 is 0 Å². The molecule has 0 N–H and O–H groups in total. The number of carbonyl (C=O) groups is 2. The highest BCUT2D eigenvalue weighted by Gasteiger charge is 2.43. The maximum atomic E-state index is 12.9. The number of likely N-dealkylation sites (tertiary alicyclic amines) is 2. The standard InChI is InChI=1S/C22H31N3O4S/c1-30(28,29)24-13-9-19(10-14-24)18-7-11-23(12-8-18)20-15-21(26)25(22(20)27)16-17-5-3-2-4-6-17/h2-6,18-20H,7-16H2,1H3/t20-/m0/s1. The largest absolute Gasteiger partial charge is 0.292 e. The second kappa shape index (κ2) is 8.77. The fourth-order valence-electron chi connectivity index (χ4n) is 5.26. The first-order valence-electron chi connectivity index (χ1n) is 10.9. The van der Waals surface area contributed by atoms with E-state index in [1.54, 1.807) is 4.31 Å². The number of carbonyl (C=O) groups excluding carboxylic acids is 2. The number of rotatable bonds is 5. The van der Waals surface area contributed by atoms with Crippen LogP contribution in [0, 0.1) is 11.8 Å². The Labute approximate surface area is 179 Å². The summed E-state index contributed by atoms with van der Waals surface area (Å²) in [6.45, 7) is 3.26. The zero-order chi connectivity index (χ0) is 21.3. The molecule has 3 aliphatic heterocycles. The number of amides is 2. The lowest BCUT2D eigenvalue weighted by Gasteiger charge is -2.40. The van der Waals surface area contributed by atoms with Crippen LogP contribution in [0.2, 0.25) is 0 Å². The molecule has 0 bridgehead atoms. The minimum absolute atomic E-state index is 0.0660. The van der Waals surface area contributed by atoms with Crippen LogP contribution in [-0.4, -0.2) is 72.8 Å². The summed E-state index contributed by atoms with van der Waals surface area (Å²) in [5.74, 6) is 0.990. The van der Waals surface area contributed by atoms with Crippen LogP contribution in [0.5, 0.6) is 0 Å². The summed E-state index contributed by atoms with van der Waals surface area (Å²) in [5, 5.41) is 0. The summed E-state index contributed by atoms with van der Waals surface area (Å²) in [5.41, 5.74) is 0.971. The summed E-state index contributed by atoms with van der Waals surface area (Å²) < 4.78 is 25.0. The third-order valence-corrected chi connectivity index (χ3v) is 8.36. The van der Waals surface area contributed by atoms with Crippen LogP contribution in [0.15, 0.2) is 30.3 Å². The van der Waals surface area contributed by atoms with E-state index in [2.05, 4.69) is 4.90 Å².